The van der Waals surface area contributed by atoms with Gasteiger partial charge in [-0.15, -0.1) is 0 Å². The van der Waals surface area contributed by atoms with Crippen molar-refractivity contribution in [3.63, 3.8) is 0 Å². The van der Waals surface area contributed by atoms with Crippen molar-refractivity contribution in [2.24, 2.45) is 40.4 Å². The fourth-order valence-corrected chi connectivity index (χ4v) is 11.5. The second-order valence-corrected chi connectivity index (χ2v) is 20.3. The summed E-state index contributed by atoms with van der Waals surface area (Å²) < 4.78 is 19.1. The normalized spacial score (nSPS) is 50.9. The maximum Gasteiger partial charge on any atom is 0.192 e. The molecule has 34 heavy (non-hydrogen) atoms. The highest BCUT2D eigenvalue weighted by Gasteiger charge is 2.66. The average Bonchev–Trinajstić information content (AvgIpc) is 3.35. The Morgan fingerprint density at radius 2 is 1.56 bits per heavy atom. The van der Waals surface area contributed by atoms with Crippen molar-refractivity contribution in [1.82, 2.24) is 0 Å². The quantitative estimate of drug-likeness (QED) is 0.290. The van der Waals surface area contributed by atoms with Crippen LogP contribution in [0.25, 0.3) is 0 Å². The molecule has 0 aromatic carbocycles. The summed E-state index contributed by atoms with van der Waals surface area (Å²) in [5.41, 5.74) is 1.11. The third kappa shape index (κ3) is 3.82. The van der Waals surface area contributed by atoms with Crippen LogP contribution in [0.4, 0.5) is 0 Å². The van der Waals surface area contributed by atoms with Crippen LogP contribution in [0, 0.1) is 40.4 Å². The van der Waals surface area contributed by atoms with Gasteiger partial charge in [0.15, 0.2) is 8.32 Å². The highest BCUT2D eigenvalue weighted by atomic mass is 28.4. The van der Waals surface area contributed by atoms with Gasteiger partial charge in [0.2, 0.25) is 0 Å². The SMILES string of the molecule is COC[C@@]1(O[Si](C)(C)C(C)(C)C)CC[C@@]2(C)[C@H](CC[C@@H]3[C@@H]2CC[C@]2(C)[C@@H](C4(C)CO4)CC[C@@H]32)C1. The molecule has 1 saturated heterocycles. The second-order valence-electron chi connectivity index (χ2n) is 15.6. The summed E-state index contributed by atoms with van der Waals surface area (Å²) in [6.07, 6.45) is 12.3. The smallest absolute Gasteiger partial charge is 0.192 e. The molecule has 196 valence electrons. The molecular formula is C30H54O3Si. The zero-order valence-electron chi connectivity index (χ0n) is 23.9. The minimum atomic E-state index is -1.86. The maximum atomic E-state index is 7.25. The molecular weight excluding hydrogens is 436 g/mol. The van der Waals surface area contributed by atoms with E-state index < -0.39 is 8.32 Å². The van der Waals surface area contributed by atoms with Gasteiger partial charge < -0.3 is 13.9 Å². The standard InChI is InChI=1S/C30H54O3Si/c1-26(2,3)34(8,9)33-30(20-31-7)17-16-27(4)21(18-30)10-11-22-23-12-13-25(29(6)19-32-29)28(23,5)15-14-24(22)27/h21-25H,10-20H2,1-9H3/t21-,22+,23+,24+,25+,27+,28+,29?,30-/m1/s1. The summed E-state index contributed by atoms with van der Waals surface area (Å²) >= 11 is 0. The minimum Gasteiger partial charge on any atom is -0.409 e. The third-order valence-corrected chi connectivity index (χ3v) is 17.4. The zero-order chi connectivity index (χ0) is 24.8. The van der Waals surface area contributed by atoms with Gasteiger partial charge in [-0.25, -0.2) is 0 Å². The predicted molar refractivity (Wildman–Crippen MR) is 142 cm³/mol. The molecule has 5 rings (SSSR count). The number of methoxy groups -OCH3 is 1. The Morgan fingerprint density at radius 1 is 0.882 bits per heavy atom. The number of epoxide rings is 1. The molecule has 9 atom stereocenters. The predicted octanol–water partition coefficient (Wildman–Crippen LogP) is 7.84. The van der Waals surface area contributed by atoms with E-state index in [0.717, 1.165) is 42.8 Å². The number of rotatable bonds is 5. The van der Waals surface area contributed by atoms with Crippen LogP contribution in [-0.4, -0.2) is 39.8 Å². The van der Waals surface area contributed by atoms with Gasteiger partial charge in [0, 0.05) is 7.11 Å². The monoisotopic (exact) mass is 490 g/mol. The lowest BCUT2D eigenvalue weighted by molar-refractivity contribution is -0.159. The van der Waals surface area contributed by atoms with E-state index in [1.165, 1.54) is 57.8 Å². The molecule has 4 aliphatic carbocycles. The molecule has 0 aromatic rings. The number of hydrogen-bond donors (Lipinski definition) is 0. The van der Waals surface area contributed by atoms with Gasteiger partial charge in [0.1, 0.15) is 0 Å². The van der Waals surface area contributed by atoms with Gasteiger partial charge in [-0.2, -0.15) is 0 Å². The van der Waals surface area contributed by atoms with E-state index in [1.807, 2.05) is 7.11 Å². The molecule has 4 heteroatoms. The van der Waals surface area contributed by atoms with Crippen molar-refractivity contribution in [2.45, 2.75) is 129 Å². The molecule has 0 spiro atoms. The lowest BCUT2D eigenvalue weighted by Crippen LogP contribution is -2.60. The van der Waals surface area contributed by atoms with E-state index in [2.05, 4.69) is 54.6 Å². The van der Waals surface area contributed by atoms with Crippen LogP contribution >= 0.6 is 0 Å². The van der Waals surface area contributed by atoms with Crippen LogP contribution in [0.3, 0.4) is 0 Å². The topological polar surface area (TPSA) is 31.0 Å². The first kappa shape index (κ1) is 25.7. The Kier molecular flexibility index (Phi) is 6.09. The van der Waals surface area contributed by atoms with Gasteiger partial charge in [-0.1, -0.05) is 34.6 Å². The Balaban J connectivity index is 1.36. The van der Waals surface area contributed by atoms with Gasteiger partial charge in [-0.3, -0.25) is 0 Å². The highest BCUT2D eigenvalue weighted by molar-refractivity contribution is 6.74. The van der Waals surface area contributed by atoms with E-state index in [9.17, 15) is 0 Å². The van der Waals surface area contributed by atoms with E-state index in [0.29, 0.717) is 10.8 Å². The number of ether oxygens (including phenoxy) is 2. The van der Waals surface area contributed by atoms with Crippen LogP contribution in [0.2, 0.25) is 18.1 Å². The fourth-order valence-electron chi connectivity index (χ4n) is 9.84. The van der Waals surface area contributed by atoms with E-state index in [1.54, 1.807) is 0 Å². The summed E-state index contributed by atoms with van der Waals surface area (Å²) in [6, 6.07) is 0. The van der Waals surface area contributed by atoms with Gasteiger partial charge in [0.05, 0.1) is 24.4 Å². The maximum absolute atomic E-state index is 7.25. The molecule has 5 fully saturated rings. The molecule has 5 aliphatic rings. The Morgan fingerprint density at radius 3 is 2.18 bits per heavy atom. The summed E-state index contributed by atoms with van der Waals surface area (Å²) in [5.74, 6) is 4.33. The first-order chi connectivity index (χ1) is 15.7. The molecule has 0 N–H and O–H groups in total. The molecule has 0 radical (unpaired) electrons. The van der Waals surface area contributed by atoms with Crippen LogP contribution in [0.15, 0.2) is 0 Å². The second kappa shape index (κ2) is 8.05. The molecule has 0 amide bonds. The van der Waals surface area contributed by atoms with Gasteiger partial charge >= 0.3 is 0 Å². The molecule has 1 heterocycles. The van der Waals surface area contributed by atoms with Crippen molar-refractivity contribution in [3.8, 4) is 0 Å². The Labute approximate surface area is 211 Å². The zero-order valence-corrected chi connectivity index (χ0v) is 24.9. The highest BCUT2D eigenvalue weighted by Crippen LogP contribution is 2.70. The van der Waals surface area contributed by atoms with Crippen molar-refractivity contribution in [3.05, 3.63) is 0 Å². The lowest BCUT2D eigenvalue weighted by atomic mass is 9.43. The fraction of sp³-hybridized carbons (Fsp3) is 1.00. The van der Waals surface area contributed by atoms with E-state index in [4.69, 9.17) is 13.9 Å². The van der Waals surface area contributed by atoms with E-state index >= 15 is 0 Å². The molecule has 1 aliphatic heterocycles. The van der Waals surface area contributed by atoms with Gasteiger partial charge in [0.25, 0.3) is 0 Å². The number of hydrogen-bond acceptors (Lipinski definition) is 3. The van der Waals surface area contributed by atoms with Crippen LogP contribution in [0.5, 0.6) is 0 Å². The molecule has 3 nitrogen and oxygen atoms in total. The molecule has 0 bridgehead atoms. The van der Waals surface area contributed by atoms with Crippen molar-refractivity contribution < 1.29 is 13.9 Å². The van der Waals surface area contributed by atoms with E-state index in [-0.39, 0.29) is 16.2 Å². The van der Waals surface area contributed by atoms with Crippen molar-refractivity contribution in [2.75, 3.05) is 20.3 Å². The Hall–Kier alpha value is 0.0969. The Bertz CT molecular complexity index is 784. The van der Waals surface area contributed by atoms with Crippen LogP contribution in [0.1, 0.15) is 99.3 Å². The third-order valence-electron chi connectivity index (χ3n) is 12.8. The average molecular weight is 491 g/mol. The van der Waals surface area contributed by atoms with Crippen molar-refractivity contribution in [1.29, 1.82) is 0 Å². The van der Waals surface area contributed by atoms with Crippen LogP contribution < -0.4 is 0 Å². The first-order valence-electron chi connectivity index (χ1n) is 14.5. The summed E-state index contributed by atoms with van der Waals surface area (Å²) in [6.45, 7) is 21.5. The number of fused-ring (bicyclic) bond motifs is 5. The molecule has 4 saturated carbocycles. The minimum absolute atomic E-state index is 0.0751. The van der Waals surface area contributed by atoms with Gasteiger partial charge in [-0.05, 0) is 123 Å². The molecule has 0 aromatic heterocycles. The summed E-state index contributed by atoms with van der Waals surface area (Å²) in [5, 5.41) is 0.237. The first-order valence-corrected chi connectivity index (χ1v) is 17.4. The molecule has 1 unspecified atom stereocenters. The summed E-state index contributed by atoms with van der Waals surface area (Å²) in [7, 11) is 0.0225. The van der Waals surface area contributed by atoms with Crippen molar-refractivity contribution >= 4 is 8.32 Å². The largest absolute Gasteiger partial charge is 0.409 e. The summed E-state index contributed by atoms with van der Waals surface area (Å²) in [4.78, 5) is 0. The van der Waals surface area contributed by atoms with Crippen LogP contribution in [-0.2, 0) is 13.9 Å². The lowest BCUT2D eigenvalue weighted by Gasteiger charge is -2.63.